The molecule has 2 aromatic carbocycles. The second-order valence-corrected chi connectivity index (χ2v) is 8.21. The van der Waals surface area contributed by atoms with E-state index in [-0.39, 0.29) is 58.7 Å². The number of nitrogens with one attached hydrogen (secondary N) is 1. The number of nitrogens with zero attached hydrogens (tertiary/aromatic N) is 3. The number of hydrogen-bond donors (Lipinski definition) is 2. The van der Waals surface area contributed by atoms with E-state index in [9.17, 15) is 9.90 Å². The second kappa shape index (κ2) is 10.2. The fourth-order valence-corrected chi connectivity index (χ4v) is 4.11. The number of hydrogen-bond acceptors (Lipinski definition) is 7. The molecule has 162 valence electrons. The summed E-state index contributed by atoms with van der Waals surface area (Å²) in [6.07, 6.45) is 1.16. The summed E-state index contributed by atoms with van der Waals surface area (Å²) in [5, 5.41) is 14.1. The number of carbonyl (C=O) groups is 1. The first-order chi connectivity index (χ1) is 15.1. The molecule has 32 heavy (non-hydrogen) atoms. The molecule has 0 spiro atoms. The summed E-state index contributed by atoms with van der Waals surface area (Å²) >= 11 is 6.23. The number of halogens is 1. The first-order valence-corrected chi connectivity index (χ1v) is 10.5. The zero-order valence-electron chi connectivity index (χ0n) is 18.7. The van der Waals surface area contributed by atoms with Crippen molar-refractivity contribution in [1.29, 1.82) is 0 Å². The van der Waals surface area contributed by atoms with E-state index in [1.165, 1.54) is 0 Å². The van der Waals surface area contributed by atoms with Gasteiger partial charge in [-0.15, -0.1) is 0 Å². The van der Waals surface area contributed by atoms with Gasteiger partial charge < -0.3 is 21.6 Å². The standard InChI is InChI=1S/C22H21ClN4O4.K.H/c23-16-3-4-18-17(10-16)20(24-11-13-1-2-15-12-30-31-19(15)9-13)26-22(25-18)27-7-5-14(6-8-27)21(28)29;;/h1-4,9-10,14H,5-8,11-12H2,(H,28,29)(H,24,25,26);;/q;+1;-1. The maximum Gasteiger partial charge on any atom is 1.00 e. The number of aromatic nitrogens is 2. The molecule has 0 bridgehead atoms. The number of fused-ring (bicyclic) bond motifs is 2. The van der Waals surface area contributed by atoms with Crippen LogP contribution in [0.1, 0.15) is 25.4 Å². The summed E-state index contributed by atoms with van der Waals surface area (Å²) in [7, 11) is 0. The van der Waals surface area contributed by atoms with Gasteiger partial charge in [0.1, 0.15) is 12.4 Å². The van der Waals surface area contributed by atoms with Crippen LogP contribution in [0.5, 0.6) is 5.75 Å². The molecule has 0 radical (unpaired) electrons. The van der Waals surface area contributed by atoms with E-state index in [1.54, 1.807) is 6.07 Å². The molecule has 2 N–H and O–H groups in total. The summed E-state index contributed by atoms with van der Waals surface area (Å²) < 4.78 is 0. The van der Waals surface area contributed by atoms with Crippen molar-refractivity contribution in [2.24, 2.45) is 5.92 Å². The fourth-order valence-electron chi connectivity index (χ4n) is 3.94. The molecule has 0 unspecified atom stereocenters. The summed E-state index contributed by atoms with van der Waals surface area (Å²) in [5.41, 5.74) is 2.83. The number of piperidine rings is 1. The molecule has 0 saturated carbocycles. The minimum atomic E-state index is -0.736. The summed E-state index contributed by atoms with van der Waals surface area (Å²) in [4.78, 5) is 33.0. The molecule has 0 atom stereocenters. The van der Waals surface area contributed by atoms with Crippen LogP contribution in [0, 0.1) is 5.92 Å². The first-order valence-electron chi connectivity index (χ1n) is 10.2. The second-order valence-electron chi connectivity index (χ2n) is 7.77. The van der Waals surface area contributed by atoms with E-state index < -0.39 is 5.97 Å². The Hall–Kier alpha value is -1.46. The quantitative estimate of drug-likeness (QED) is 0.414. The predicted octanol–water partition coefficient (Wildman–Crippen LogP) is 1.14. The van der Waals surface area contributed by atoms with Gasteiger partial charge in [0.2, 0.25) is 5.95 Å². The van der Waals surface area contributed by atoms with Gasteiger partial charge in [0.25, 0.3) is 0 Å². The van der Waals surface area contributed by atoms with Crippen molar-refractivity contribution in [3.05, 3.63) is 52.5 Å². The molecule has 3 heterocycles. The minimum absolute atomic E-state index is 0. The van der Waals surface area contributed by atoms with Crippen LogP contribution in [0.25, 0.3) is 10.9 Å². The van der Waals surface area contributed by atoms with Gasteiger partial charge in [0, 0.05) is 35.6 Å². The van der Waals surface area contributed by atoms with Crippen molar-refractivity contribution in [2.45, 2.75) is 26.0 Å². The van der Waals surface area contributed by atoms with Crippen molar-refractivity contribution in [2.75, 3.05) is 23.3 Å². The average Bonchev–Trinajstić information content (AvgIpc) is 3.25. The van der Waals surface area contributed by atoms with Crippen molar-refractivity contribution in [1.82, 2.24) is 9.97 Å². The number of aliphatic carboxylic acids is 1. The molecule has 0 amide bonds. The van der Waals surface area contributed by atoms with Gasteiger partial charge in [-0.25, -0.2) is 4.98 Å². The van der Waals surface area contributed by atoms with Crippen molar-refractivity contribution in [3.8, 4) is 5.75 Å². The maximum atomic E-state index is 11.3. The molecule has 2 aliphatic rings. The molecule has 3 aromatic rings. The summed E-state index contributed by atoms with van der Waals surface area (Å²) in [6, 6.07) is 11.5. The number of anilines is 2. The average molecular weight is 481 g/mol. The third kappa shape index (κ3) is 5.04. The number of carboxylic acid groups (broad SMARTS) is 1. The number of rotatable bonds is 5. The molecule has 1 fully saturated rings. The Kier molecular flexibility index (Phi) is 7.56. The first kappa shape index (κ1) is 23.7. The zero-order valence-corrected chi connectivity index (χ0v) is 21.6. The Morgan fingerprint density at radius 2 is 2.03 bits per heavy atom. The van der Waals surface area contributed by atoms with E-state index >= 15 is 0 Å². The Bertz CT molecular complexity index is 1160. The molecule has 5 rings (SSSR count). The predicted molar refractivity (Wildman–Crippen MR) is 117 cm³/mol. The Balaban J connectivity index is 0.00000153. The Morgan fingerprint density at radius 3 is 2.81 bits per heavy atom. The van der Waals surface area contributed by atoms with Gasteiger partial charge in [-0.1, -0.05) is 23.7 Å². The van der Waals surface area contributed by atoms with Crippen LogP contribution in [-0.4, -0.2) is 34.1 Å². The topological polar surface area (TPSA) is 96.8 Å². The van der Waals surface area contributed by atoms with Gasteiger partial charge in [-0.2, -0.15) is 9.87 Å². The van der Waals surface area contributed by atoms with Gasteiger partial charge >= 0.3 is 57.4 Å². The van der Waals surface area contributed by atoms with Crippen LogP contribution in [0.4, 0.5) is 11.8 Å². The molecule has 0 aliphatic carbocycles. The summed E-state index contributed by atoms with van der Waals surface area (Å²) in [5.74, 6) is 0.961. The van der Waals surface area contributed by atoms with Crippen LogP contribution in [-0.2, 0) is 22.8 Å². The van der Waals surface area contributed by atoms with E-state index in [2.05, 4.69) is 5.32 Å². The molecule has 10 heteroatoms. The Morgan fingerprint density at radius 1 is 1.22 bits per heavy atom. The third-order valence-corrected chi connectivity index (χ3v) is 5.96. The summed E-state index contributed by atoms with van der Waals surface area (Å²) in [6.45, 7) is 2.21. The SMILES string of the molecule is O=C(O)C1CCN(c2nc(NCc3ccc4c(c3)OOC4)c3cc(Cl)ccc3n2)CC1.[H-].[K+]. The molecular weight excluding hydrogens is 459 g/mol. The normalized spacial score (nSPS) is 15.7. The molecule has 8 nitrogen and oxygen atoms in total. The van der Waals surface area contributed by atoms with Crippen molar-refractivity contribution in [3.63, 3.8) is 0 Å². The third-order valence-electron chi connectivity index (χ3n) is 5.73. The van der Waals surface area contributed by atoms with E-state index in [1.807, 2.05) is 35.2 Å². The van der Waals surface area contributed by atoms with E-state index in [0.29, 0.717) is 55.9 Å². The van der Waals surface area contributed by atoms with Gasteiger partial charge in [0.05, 0.1) is 11.4 Å². The molecule has 1 saturated heterocycles. The smallest absolute Gasteiger partial charge is 1.00 e. The van der Waals surface area contributed by atoms with Crippen molar-refractivity contribution < 1.29 is 72.5 Å². The fraction of sp³-hybridized carbons (Fsp3) is 0.318. The minimum Gasteiger partial charge on any atom is -1.00 e. The van der Waals surface area contributed by atoms with Gasteiger partial charge in [-0.3, -0.25) is 4.79 Å². The number of carboxylic acids is 1. The van der Waals surface area contributed by atoms with E-state index in [4.69, 9.17) is 31.3 Å². The largest absolute Gasteiger partial charge is 1.00 e. The Labute approximate surface area is 234 Å². The monoisotopic (exact) mass is 480 g/mol. The molecular formula is C22H22ClKN4O4. The van der Waals surface area contributed by atoms with Gasteiger partial charge in [0.15, 0.2) is 5.75 Å². The van der Waals surface area contributed by atoms with Crippen LogP contribution < -0.4 is 66.5 Å². The van der Waals surface area contributed by atoms with Crippen LogP contribution in [0.3, 0.4) is 0 Å². The molecule has 2 aliphatic heterocycles. The maximum absolute atomic E-state index is 11.3. The van der Waals surface area contributed by atoms with Gasteiger partial charge in [-0.05, 0) is 42.7 Å². The van der Waals surface area contributed by atoms with Crippen LogP contribution in [0.15, 0.2) is 36.4 Å². The number of benzene rings is 2. The zero-order chi connectivity index (χ0) is 21.4. The van der Waals surface area contributed by atoms with Crippen LogP contribution >= 0.6 is 11.6 Å². The van der Waals surface area contributed by atoms with Crippen molar-refractivity contribution >= 4 is 40.2 Å². The molecule has 1 aromatic heterocycles. The van der Waals surface area contributed by atoms with E-state index in [0.717, 1.165) is 27.8 Å². The van der Waals surface area contributed by atoms with Crippen LogP contribution in [0.2, 0.25) is 5.02 Å².